The van der Waals surface area contributed by atoms with Gasteiger partial charge in [0.25, 0.3) is 0 Å². The predicted molar refractivity (Wildman–Crippen MR) is 107 cm³/mol. The van der Waals surface area contributed by atoms with E-state index >= 15 is 0 Å². The van der Waals surface area contributed by atoms with Crippen molar-refractivity contribution in [3.63, 3.8) is 0 Å². The Balaban J connectivity index is 1.60. The van der Waals surface area contributed by atoms with Gasteiger partial charge >= 0.3 is 0 Å². The first kappa shape index (κ1) is 19.5. The monoisotopic (exact) mass is 396 g/mol. The van der Waals surface area contributed by atoms with E-state index in [-0.39, 0.29) is 23.7 Å². The summed E-state index contributed by atoms with van der Waals surface area (Å²) in [4.78, 5) is 37.9. The lowest BCUT2D eigenvalue weighted by Gasteiger charge is -2.24. The van der Waals surface area contributed by atoms with Gasteiger partial charge < -0.3 is 4.90 Å². The molecule has 2 aliphatic rings. The van der Waals surface area contributed by atoms with E-state index in [2.05, 4.69) is 4.98 Å². The second kappa shape index (κ2) is 7.89. The normalized spacial score (nSPS) is 18.4. The highest BCUT2D eigenvalue weighted by Gasteiger charge is 2.35. The van der Waals surface area contributed by atoms with Crippen molar-refractivity contribution in [2.45, 2.75) is 52.0 Å². The molecule has 2 aliphatic heterocycles. The van der Waals surface area contributed by atoms with Crippen molar-refractivity contribution in [2.24, 2.45) is 0 Å². The van der Waals surface area contributed by atoms with Gasteiger partial charge in [-0.15, -0.1) is 0 Å². The number of carbonyl (C=O) groups is 2. The van der Waals surface area contributed by atoms with E-state index in [9.17, 15) is 14.0 Å². The first-order valence-electron chi connectivity index (χ1n) is 10.2. The molecule has 1 fully saturated rings. The summed E-state index contributed by atoms with van der Waals surface area (Å²) >= 11 is 0. The number of hydrogen-bond acceptors (Lipinski definition) is 4. The maximum Gasteiger partial charge on any atom is 0.232 e. The van der Waals surface area contributed by atoms with Crippen LogP contribution in [0, 0.1) is 12.7 Å². The predicted octanol–water partition coefficient (Wildman–Crippen LogP) is 3.13. The maximum atomic E-state index is 13.1. The lowest BCUT2D eigenvalue weighted by Crippen LogP contribution is -2.32. The number of nitrogens with zero attached hydrogens (tertiary/aromatic N) is 4. The molecule has 1 unspecified atom stereocenters. The van der Waals surface area contributed by atoms with Crippen molar-refractivity contribution in [2.75, 3.05) is 18.0 Å². The number of aromatic nitrogens is 2. The Morgan fingerprint density at radius 2 is 2.00 bits per heavy atom. The number of benzene rings is 1. The fourth-order valence-electron chi connectivity index (χ4n) is 4.21. The molecule has 152 valence electrons. The highest BCUT2D eigenvalue weighted by Crippen LogP contribution is 2.35. The summed E-state index contributed by atoms with van der Waals surface area (Å²) in [6.45, 7) is 4.98. The molecule has 1 atom stereocenters. The van der Waals surface area contributed by atoms with Gasteiger partial charge in [0.05, 0.1) is 12.5 Å². The number of amides is 2. The van der Waals surface area contributed by atoms with Crippen LogP contribution in [0.15, 0.2) is 24.3 Å². The Kier molecular flexibility index (Phi) is 5.30. The highest BCUT2D eigenvalue weighted by atomic mass is 19.1. The molecule has 0 radical (unpaired) electrons. The van der Waals surface area contributed by atoms with E-state index in [1.54, 1.807) is 17.0 Å². The fraction of sp³-hybridized carbons (Fsp3) is 0.455. The van der Waals surface area contributed by atoms with Gasteiger partial charge in [-0.05, 0) is 43.9 Å². The average Bonchev–Trinajstić information content (AvgIpc) is 3.32. The number of carbonyl (C=O) groups excluding carboxylic acids is 2. The molecule has 1 saturated heterocycles. The van der Waals surface area contributed by atoms with Gasteiger partial charge in [-0.2, -0.15) is 0 Å². The molecule has 0 N–H and O–H groups in total. The summed E-state index contributed by atoms with van der Waals surface area (Å²) in [6, 6.07) is 6.21. The van der Waals surface area contributed by atoms with Crippen LogP contribution >= 0.6 is 0 Å². The van der Waals surface area contributed by atoms with Crippen LogP contribution in [0.1, 0.15) is 54.9 Å². The van der Waals surface area contributed by atoms with Gasteiger partial charge in [0, 0.05) is 30.8 Å². The molecule has 0 spiro atoms. The van der Waals surface area contributed by atoms with Gasteiger partial charge in [0.1, 0.15) is 11.6 Å². The third kappa shape index (κ3) is 3.73. The summed E-state index contributed by atoms with van der Waals surface area (Å²) in [5.41, 5.74) is 2.64. The van der Waals surface area contributed by atoms with E-state index in [1.165, 1.54) is 12.1 Å². The van der Waals surface area contributed by atoms with Crippen molar-refractivity contribution < 1.29 is 14.0 Å². The highest BCUT2D eigenvalue weighted by molar-refractivity contribution is 6.00. The minimum atomic E-state index is -0.271. The molecular weight excluding hydrogens is 371 g/mol. The van der Waals surface area contributed by atoms with E-state index in [0.29, 0.717) is 37.4 Å². The van der Waals surface area contributed by atoms with Crippen molar-refractivity contribution in [3.05, 3.63) is 52.7 Å². The number of rotatable bonds is 5. The van der Waals surface area contributed by atoms with Crippen LogP contribution in [-0.2, 0) is 22.4 Å². The Hall–Kier alpha value is -2.83. The van der Waals surface area contributed by atoms with Gasteiger partial charge in [-0.25, -0.2) is 14.4 Å². The third-order valence-corrected chi connectivity index (χ3v) is 5.81. The molecule has 0 bridgehead atoms. The molecule has 0 saturated carbocycles. The number of hydrogen-bond donors (Lipinski definition) is 0. The lowest BCUT2D eigenvalue weighted by molar-refractivity contribution is -0.131. The molecule has 0 aliphatic carbocycles. The number of aryl methyl sites for hydroxylation is 1. The summed E-state index contributed by atoms with van der Waals surface area (Å²) in [7, 11) is 0. The van der Waals surface area contributed by atoms with Crippen LogP contribution in [0.25, 0.3) is 0 Å². The molecule has 2 aromatic rings. The van der Waals surface area contributed by atoms with Gasteiger partial charge in [0.15, 0.2) is 5.82 Å². The Morgan fingerprint density at radius 1 is 1.24 bits per heavy atom. The van der Waals surface area contributed by atoms with Crippen LogP contribution in [0.4, 0.5) is 10.2 Å². The Labute approximate surface area is 169 Å². The zero-order valence-corrected chi connectivity index (χ0v) is 16.8. The second-order valence-electron chi connectivity index (χ2n) is 7.67. The number of anilines is 1. The van der Waals surface area contributed by atoms with Crippen molar-refractivity contribution in [1.82, 2.24) is 14.9 Å². The van der Waals surface area contributed by atoms with E-state index < -0.39 is 0 Å². The first-order chi connectivity index (χ1) is 14.0. The van der Waals surface area contributed by atoms with Crippen LogP contribution in [0.2, 0.25) is 0 Å². The summed E-state index contributed by atoms with van der Waals surface area (Å²) in [5.74, 6) is 1.13. The van der Waals surface area contributed by atoms with Crippen LogP contribution in [0.5, 0.6) is 0 Å². The second-order valence-corrected chi connectivity index (χ2v) is 7.67. The minimum Gasteiger partial charge on any atom is -0.332 e. The molecule has 6 nitrogen and oxygen atoms in total. The molecule has 7 heteroatoms. The maximum absolute atomic E-state index is 13.1. The SMILES string of the molecule is CCC(=O)N1CCCC1c1nc(C)c2c(n1)N(CCc1ccc(F)cc1)C(=O)C2. The van der Waals surface area contributed by atoms with Crippen LogP contribution in [0.3, 0.4) is 0 Å². The Morgan fingerprint density at radius 3 is 2.72 bits per heavy atom. The van der Waals surface area contributed by atoms with Gasteiger partial charge in [0.2, 0.25) is 11.8 Å². The third-order valence-electron chi connectivity index (χ3n) is 5.81. The van der Waals surface area contributed by atoms with E-state index in [1.807, 2.05) is 18.7 Å². The summed E-state index contributed by atoms with van der Waals surface area (Å²) in [6.07, 6.45) is 3.15. The smallest absolute Gasteiger partial charge is 0.232 e. The molecule has 29 heavy (non-hydrogen) atoms. The Bertz CT molecular complexity index is 945. The molecule has 2 amide bonds. The largest absolute Gasteiger partial charge is 0.332 e. The van der Waals surface area contributed by atoms with Crippen molar-refractivity contribution in [3.8, 4) is 0 Å². The fourth-order valence-corrected chi connectivity index (χ4v) is 4.21. The molecule has 3 heterocycles. The summed E-state index contributed by atoms with van der Waals surface area (Å²) < 4.78 is 13.1. The van der Waals surface area contributed by atoms with Gasteiger partial charge in [-0.3, -0.25) is 14.5 Å². The summed E-state index contributed by atoms with van der Waals surface area (Å²) in [5, 5.41) is 0. The quantitative estimate of drug-likeness (QED) is 0.779. The number of fused-ring (bicyclic) bond motifs is 1. The van der Waals surface area contributed by atoms with Gasteiger partial charge in [-0.1, -0.05) is 19.1 Å². The first-order valence-corrected chi connectivity index (χ1v) is 10.2. The zero-order chi connectivity index (χ0) is 20.5. The number of likely N-dealkylation sites (tertiary alicyclic amines) is 1. The van der Waals surface area contributed by atoms with Crippen LogP contribution in [-0.4, -0.2) is 39.8 Å². The standard InChI is InChI=1S/C22H25FN4O2/c1-3-19(28)26-11-4-5-18(26)21-24-14(2)17-13-20(29)27(22(17)25-21)12-10-15-6-8-16(23)9-7-15/h6-9,18H,3-5,10-13H2,1-2H3. The molecule has 1 aromatic carbocycles. The van der Waals surface area contributed by atoms with E-state index in [4.69, 9.17) is 4.98 Å². The lowest BCUT2D eigenvalue weighted by atomic mass is 10.1. The molecule has 1 aromatic heterocycles. The number of halogens is 1. The topological polar surface area (TPSA) is 66.4 Å². The molecular formula is C22H25FN4O2. The van der Waals surface area contributed by atoms with Crippen molar-refractivity contribution >= 4 is 17.6 Å². The minimum absolute atomic E-state index is 0.00424. The zero-order valence-electron chi connectivity index (χ0n) is 16.8. The average molecular weight is 396 g/mol. The molecule has 4 rings (SSSR count). The van der Waals surface area contributed by atoms with Crippen LogP contribution < -0.4 is 4.90 Å². The van der Waals surface area contributed by atoms with E-state index in [0.717, 1.165) is 36.2 Å². The van der Waals surface area contributed by atoms with Crippen molar-refractivity contribution in [1.29, 1.82) is 0 Å².